The topological polar surface area (TPSA) is 35.6 Å². The monoisotopic (exact) mass is 505 g/mol. The number of fused-ring (bicyclic) bond motifs is 1. The van der Waals surface area contributed by atoms with Gasteiger partial charge in [0.25, 0.3) is 0 Å². The zero-order chi connectivity index (χ0) is 24.7. The molecule has 2 saturated carbocycles. The van der Waals surface area contributed by atoms with E-state index in [9.17, 15) is 4.79 Å². The normalized spacial score (nSPS) is 18.7. The van der Waals surface area contributed by atoms with Crippen LogP contribution in [0.3, 0.4) is 0 Å². The fraction of sp³-hybridized carbons (Fsp3) is 0.581. The van der Waals surface area contributed by atoms with E-state index in [1.807, 2.05) is 11.9 Å². The van der Waals surface area contributed by atoms with Gasteiger partial charge in [0.1, 0.15) is 0 Å². The lowest BCUT2D eigenvalue weighted by atomic mass is 9.99. The maximum Gasteiger partial charge on any atom is 0.224 e. The van der Waals surface area contributed by atoms with Crippen LogP contribution in [0, 0.1) is 5.92 Å². The van der Waals surface area contributed by atoms with E-state index in [1.54, 1.807) is 0 Å². The van der Waals surface area contributed by atoms with Crippen molar-refractivity contribution in [3.63, 3.8) is 0 Å². The molecule has 1 N–H and O–H groups in total. The molecule has 0 bridgehead atoms. The number of nitrogens with zero attached hydrogens (tertiary/aromatic N) is 2. The first-order chi connectivity index (χ1) is 17.7. The summed E-state index contributed by atoms with van der Waals surface area (Å²) < 4.78 is 2.62. The molecule has 1 heterocycles. The molecule has 1 aliphatic heterocycles. The molecule has 0 unspecified atom stereocenters. The summed E-state index contributed by atoms with van der Waals surface area (Å²) in [5.41, 5.74) is 5.30. The third-order valence-corrected chi connectivity index (χ3v) is 9.57. The molecule has 1 amide bonds. The predicted octanol–water partition coefficient (Wildman–Crippen LogP) is 7.82. The lowest BCUT2D eigenvalue weighted by Crippen LogP contribution is -2.29. The maximum absolute atomic E-state index is 12.4. The molecule has 0 saturated heterocycles. The van der Waals surface area contributed by atoms with E-state index < -0.39 is 0 Å². The number of hydrogen-bond acceptors (Lipinski definition) is 4. The van der Waals surface area contributed by atoms with Crippen LogP contribution in [0.15, 0.2) is 47.4 Å². The largest absolute Gasteiger partial charge is 0.372 e. The Hall–Kier alpha value is -1.98. The van der Waals surface area contributed by atoms with Gasteiger partial charge in [0.05, 0.1) is 0 Å². The van der Waals surface area contributed by atoms with Gasteiger partial charge in [0, 0.05) is 48.4 Å². The third kappa shape index (κ3) is 6.66. The Morgan fingerprint density at radius 2 is 1.75 bits per heavy atom. The molecule has 2 fully saturated rings. The lowest BCUT2D eigenvalue weighted by Gasteiger charge is -2.32. The quantitative estimate of drug-likeness (QED) is 0.334. The molecule has 2 aliphatic carbocycles. The van der Waals surface area contributed by atoms with E-state index in [4.69, 9.17) is 0 Å². The second kappa shape index (κ2) is 12.5. The number of benzene rings is 2. The van der Waals surface area contributed by atoms with Gasteiger partial charge in [-0.1, -0.05) is 50.7 Å². The highest BCUT2D eigenvalue weighted by Gasteiger charge is 2.25. The van der Waals surface area contributed by atoms with E-state index in [-0.39, 0.29) is 5.91 Å². The lowest BCUT2D eigenvalue weighted by molar-refractivity contribution is -0.116. The molecule has 3 aliphatic rings. The van der Waals surface area contributed by atoms with Gasteiger partial charge >= 0.3 is 0 Å². The molecular formula is C31H43N3OS. The SMILES string of the molecule is CCN1CCCc2cc(CN(Sc3ccc(NC(=O)CCC4CCCC4)cc3)C3CCCC3)ccc21. The van der Waals surface area contributed by atoms with E-state index >= 15 is 0 Å². The molecule has 0 spiro atoms. The molecule has 0 radical (unpaired) electrons. The van der Waals surface area contributed by atoms with Gasteiger partial charge in [-0.3, -0.25) is 4.79 Å². The van der Waals surface area contributed by atoms with E-state index in [2.05, 4.69) is 63.9 Å². The van der Waals surface area contributed by atoms with Crippen molar-refractivity contribution in [2.24, 2.45) is 5.92 Å². The molecular weight excluding hydrogens is 462 g/mol. The van der Waals surface area contributed by atoms with Crippen LogP contribution in [0.25, 0.3) is 0 Å². The maximum atomic E-state index is 12.4. The fourth-order valence-corrected chi connectivity index (χ4v) is 7.46. The van der Waals surface area contributed by atoms with Gasteiger partial charge < -0.3 is 10.2 Å². The van der Waals surface area contributed by atoms with Gasteiger partial charge in [-0.2, -0.15) is 0 Å². The zero-order valence-electron chi connectivity index (χ0n) is 22.0. The van der Waals surface area contributed by atoms with Crippen LogP contribution in [0.2, 0.25) is 0 Å². The van der Waals surface area contributed by atoms with E-state index in [0.717, 1.165) is 31.1 Å². The average Bonchev–Trinajstić information content (AvgIpc) is 3.62. The Morgan fingerprint density at radius 3 is 2.50 bits per heavy atom. The molecule has 194 valence electrons. The van der Waals surface area contributed by atoms with Crippen LogP contribution in [-0.2, 0) is 17.8 Å². The van der Waals surface area contributed by atoms with Gasteiger partial charge in [0.15, 0.2) is 0 Å². The molecule has 0 aromatic heterocycles. The van der Waals surface area contributed by atoms with Crippen LogP contribution in [-0.4, -0.2) is 29.3 Å². The summed E-state index contributed by atoms with van der Waals surface area (Å²) in [7, 11) is 0. The van der Waals surface area contributed by atoms with Crippen molar-refractivity contribution in [1.82, 2.24) is 4.31 Å². The van der Waals surface area contributed by atoms with E-state index in [0.29, 0.717) is 12.5 Å². The highest BCUT2D eigenvalue weighted by molar-refractivity contribution is 7.97. The Kier molecular flexibility index (Phi) is 8.92. The Labute approximate surface area is 222 Å². The van der Waals surface area contributed by atoms with Gasteiger partial charge in [-0.05, 0) is 98.4 Å². The number of anilines is 2. The first-order valence-corrected chi connectivity index (χ1v) is 15.2. The van der Waals surface area contributed by atoms with Crippen LogP contribution in [0.5, 0.6) is 0 Å². The standard InChI is InChI=1S/C31H43N3OS/c1-2-33-21-7-10-26-22-25(13-19-30(26)33)23-34(28-11-5-6-12-28)36-29-17-15-27(16-18-29)32-31(35)20-14-24-8-3-4-9-24/h13,15-19,22,24,28H,2-12,14,20-21,23H2,1H3,(H,32,35). The summed E-state index contributed by atoms with van der Waals surface area (Å²) in [5, 5.41) is 3.11. The van der Waals surface area contributed by atoms with Crippen molar-refractivity contribution < 1.29 is 4.79 Å². The summed E-state index contributed by atoms with van der Waals surface area (Å²) in [5.74, 6) is 0.917. The number of aryl methyl sites for hydroxylation is 1. The molecule has 4 nitrogen and oxygen atoms in total. The number of carbonyl (C=O) groups is 1. The molecule has 36 heavy (non-hydrogen) atoms. The first-order valence-electron chi connectivity index (χ1n) is 14.4. The third-order valence-electron chi connectivity index (χ3n) is 8.43. The van der Waals surface area contributed by atoms with Gasteiger partial charge in [-0.25, -0.2) is 4.31 Å². The smallest absolute Gasteiger partial charge is 0.224 e. The number of amides is 1. The number of rotatable bonds is 10. The van der Waals surface area contributed by atoms with Crippen LogP contribution in [0.4, 0.5) is 11.4 Å². The Balaban J connectivity index is 1.20. The van der Waals surface area contributed by atoms with Crippen molar-refractivity contribution in [3.05, 3.63) is 53.6 Å². The fourth-order valence-electron chi connectivity index (χ4n) is 6.36. The summed E-state index contributed by atoms with van der Waals surface area (Å²) in [4.78, 5) is 16.2. The van der Waals surface area contributed by atoms with Crippen molar-refractivity contribution in [2.45, 2.75) is 101 Å². The predicted molar refractivity (Wildman–Crippen MR) is 153 cm³/mol. The van der Waals surface area contributed by atoms with Crippen molar-refractivity contribution in [2.75, 3.05) is 23.3 Å². The molecule has 5 heteroatoms. The van der Waals surface area contributed by atoms with Gasteiger partial charge in [0.2, 0.25) is 5.91 Å². The second-order valence-corrected chi connectivity index (χ2v) is 12.1. The average molecular weight is 506 g/mol. The van der Waals surface area contributed by atoms with Crippen LogP contribution >= 0.6 is 11.9 Å². The Morgan fingerprint density at radius 1 is 1.00 bits per heavy atom. The Bertz CT molecular complexity index is 995. The summed E-state index contributed by atoms with van der Waals surface area (Å²) in [6, 6.07) is 16.3. The summed E-state index contributed by atoms with van der Waals surface area (Å²) in [6.07, 6.45) is 14.7. The summed E-state index contributed by atoms with van der Waals surface area (Å²) >= 11 is 1.89. The molecule has 2 aromatic carbocycles. The zero-order valence-corrected chi connectivity index (χ0v) is 22.8. The van der Waals surface area contributed by atoms with Crippen molar-refractivity contribution in [3.8, 4) is 0 Å². The minimum atomic E-state index is 0.156. The van der Waals surface area contributed by atoms with E-state index in [1.165, 1.54) is 92.5 Å². The minimum Gasteiger partial charge on any atom is -0.372 e. The van der Waals surface area contributed by atoms with Gasteiger partial charge in [-0.15, -0.1) is 0 Å². The highest BCUT2D eigenvalue weighted by atomic mass is 32.2. The number of hydrogen-bond donors (Lipinski definition) is 1. The number of nitrogens with one attached hydrogen (secondary N) is 1. The summed E-state index contributed by atoms with van der Waals surface area (Å²) in [6.45, 7) is 5.51. The molecule has 2 aromatic rings. The first kappa shape index (κ1) is 25.7. The highest BCUT2D eigenvalue weighted by Crippen LogP contribution is 2.36. The second-order valence-electron chi connectivity index (χ2n) is 11.0. The van der Waals surface area contributed by atoms with Crippen LogP contribution < -0.4 is 10.2 Å². The van der Waals surface area contributed by atoms with Crippen molar-refractivity contribution in [1.29, 1.82) is 0 Å². The molecule has 5 rings (SSSR count). The van der Waals surface area contributed by atoms with Crippen LogP contribution in [0.1, 0.15) is 88.7 Å². The molecule has 0 atom stereocenters. The van der Waals surface area contributed by atoms with Crippen molar-refractivity contribution >= 4 is 29.2 Å². The minimum absolute atomic E-state index is 0.156. The number of carbonyl (C=O) groups excluding carboxylic acids is 1.